The number of piperidine rings is 2. The van der Waals surface area contributed by atoms with E-state index in [1.54, 1.807) is 0 Å². The monoisotopic (exact) mass is 153 g/mol. The van der Waals surface area contributed by atoms with E-state index in [9.17, 15) is 0 Å². The lowest BCUT2D eigenvalue weighted by atomic mass is 9.88. The van der Waals surface area contributed by atoms with Gasteiger partial charge in [-0.15, -0.1) is 0 Å². The topological polar surface area (TPSA) is 3.24 Å². The molecule has 11 heavy (non-hydrogen) atoms. The molecule has 0 aliphatic carbocycles. The number of nitrogens with zero attached hydrogens (tertiary/aromatic N) is 1. The normalized spacial score (nSPS) is 40.1. The van der Waals surface area contributed by atoms with Crippen LogP contribution in [-0.2, 0) is 0 Å². The molecule has 2 fully saturated rings. The highest BCUT2D eigenvalue weighted by molar-refractivity contribution is 4.82. The summed E-state index contributed by atoms with van der Waals surface area (Å²) >= 11 is 0. The molecule has 2 rings (SSSR count). The quantitative estimate of drug-likeness (QED) is 0.516. The number of fused-ring (bicyclic) bond motifs is 1. The van der Waals surface area contributed by atoms with Crippen molar-refractivity contribution in [1.29, 1.82) is 0 Å². The van der Waals surface area contributed by atoms with Gasteiger partial charge in [-0.1, -0.05) is 13.3 Å². The third-order valence-corrected chi connectivity index (χ3v) is 3.29. The van der Waals surface area contributed by atoms with Crippen LogP contribution in [0.1, 0.15) is 39.0 Å². The highest BCUT2D eigenvalue weighted by Crippen LogP contribution is 2.28. The molecular weight excluding hydrogens is 134 g/mol. The molecule has 2 atom stereocenters. The molecule has 0 radical (unpaired) electrons. The first-order valence-corrected chi connectivity index (χ1v) is 5.10. The van der Waals surface area contributed by atoms with E-state index in [0.717, 1.165) is 12.0 Å². The molecule has 0 unspecified atom stereocenters. The minimum absolute atomic E-state index is 0.962. The summed E-state index contributed by atoms with van der Waals surface area (Å²) < 4.78 is 0. The van der Waals surface area contributed by atoms with Crippen LogP contribution in [0.15, 0.2) is 0 Å². The Kier molecular flexibility index (Phi) is 2.17. The second-order valence-corrected chi connectivity index (χ2v) is 4.33. The summed E-state index contributed by atoms with van der Waals surface area (Å²) in [5.74, 6) is 0.962. The molecule has 0 saturated carbocycles. The largest absolute Gasteiger partial charge is 0.300 e. The van der Waals surface area contributed by atoms with E-state index in [4.69, 9.17) is 0 Å². The third-order valence-electron chi connectivity index (χ3n) is 3.29. The molecule has 64 valence electrons. The molecule has 0 spiro atoms. The molecule has 2 aliphatic rings. The van der Waals surface area contributed by atoms with Crippen LogP contribution in [0.5, 0.6) is 0 Å². The van der Waals surface area contributed by atoms with E-state index in [2.05, 4.69) is 11.8 Å². The Bertz CT molecular complexity index is 133. The van der Waals surface area contributed by atoms with Crippen molar-refractivity contribution in [1.82, 2.24) is 4.90 Å². The predicted octanol–water partition coefficient (Wildman–Crippen LogP) is 2.27. The van der Waals surface area contributed by atoms with Gasteiger partial charge in [-0.05, 0) is 38.1 Å². The minimum atomic E-state index is 0.962. The molecular formula is C10H19N. The average molecular weight is 153 g/mol. The number of rotatable bonds is 0. The van der Waals surface area contributed by atoms with Gasteiger partial charge in [-0.25, -0.2) is 0 Å². The first-order valence-electron chi connectivity index (χ1n) is 5.10. The summed E-state index contributed by atoms with van der Waals surface area (Å²) in [6, 6.07) is 0.972. The van der Waals surface area contributed by atoms with Crippen molar-refractivity contribution >= 4 is 0 Å². The van der Waals surface area contributed by atoms with Crippen molar-refractivity contribution in [3.05, 3.63) is 0 Å². The Morgan fingerprint density at radius 1 is 1.09 bits per heavy atom. The maximum Gasteiger partial charge on any atom is 0.00954 e. The Morgan fingerprint density at radius 3 is 2.91 bits per heavy atom. The third kappa shape index (κ3) is 1.58. The second kappa shape index (κ2) is 3.14. The van der Waals surface area contributed by atoms with Crippen molar-refractivity contribution in [2.45, 2.75) is 45.1 Å². The molecule has 0 aromatic carbocycles. The SMILES string of the molecule is C[C@@H]1CC[C@H]2CCCCN2C1. The van der Waals surface area contributed by atoms with Crippen molar-refractivity contribution in [3.8, 4) is 0 Å². The zero-order chi connectivity index (χ0) is 7.68. The van der Waals surface area contributed by atoms with Crippen LogP contribution in [0.3, 0.4) is 0 Å². The van der Waals surface area contributed by atoms with Gasteiger partial charge in [-0.2, -0.15) is 0 Å². The van der Waals surface area contributed by atoms with Gasteiger partial charge in [0.05, 0.1) is 0 Å². The van der Waals surface area contributed by atoms with Crippen molar-refractivity contribution in [2.75, 3.05) is 13.1 Å². The van der Waals surface area contributed by atoms with Crippen molar-refractivity contribution < 1.29 is 0 Å². The fourth-order valence-electron chi connectivity index (χ4n) is 2.60. The highest BCUT2D eigenvalue weighted by atomic mass is 15.2. The van der Waals surface area contributed by atoms with Gasteiger partial charge in [-0.3, -0.25) is 0 Å². The second-order valence-electron chi connectivity index (χ2n) is 4.33. The molecule has 0 aromatic heterocycles. The minimum Gasteiger partial charge on any atom is -0.300 e. The van der Waals surface area contributed by atoms with E-state index in [0.29, 0.717) is 0 Å². The Hall–Kier alpha value is -0.0400. The summed E-state index contributed by atoms with van der Waals surface area (Å²) in [7, 11) is 0. The van der Waals surface area contributed by atoms with Crippen molar-refractivity contribution in [2.24, 2.45) is 5.92 Å². The first-order chi connectivity index (χ1) is 5.36. The van der Waals surface area contributed by atoms with E-state index in [1.807, 2.05) is 0 Å². The maximum absolute atomic E-state index is 2.72. The average Bonchev–Trinajstić information content (AvgIpc) is 2.04. The predicted molar refractivity (Wildman–Crippen MR) is 47.6 cm³/mol. The summed E-state index contributed by atoms with van der Waals surface area (Å²) in [5, 5.41) is 0. The van der Waals surface area contributed by atoms with Gasteiger partial charge in [0.25, 0.3) is 0 Å². The van der Waals surface area contributed by atoms with Crippen LogP contribution >= 0.6 is 0 Å². The Balaban J connectivity index is 1.93. The van der Waals surface area contributed by atoms with Crippen LogP contribution in [-0.4, -0.2) is 24.0 Å². The Labute approximate surface area is 69.8 Å². The maximum atomic E-state index is 2.72. The molecule has 1 nitrogen and oxygen atoms in total. The number of hydrogen-bond donors (Lipinski definition) is 0. The standard InChI is InChI=1S/C10H19N/c1-9-5-6-10-4-2-3-7-11(10)8-9/h9-10H,2-8H2,1H3/t9-,10-/m1/s1. The molecule has 0 N–H and O–H groups in total. The zero-order valence-corrected chi connectivity index (χ0v) is 7.55. The van der Waals surface area contributed by atoms with Gasteiger partial charge in [0.15, 0.2) is 0 Å². The van der Waals surface area contributed by atoms with Gasteiger partial charge < -0.3 is 4.90 Å². The smallest absolute Gasteiger partial charge is 0.00954 e. The van der Waals surface area contributed by atoms with Gasteiger partial charge in [0.1, 0.15) is 0 Å². The summed E-state index contributed by atoms with van der Waals surface area (Å²) in [6.45, 7) is 5.16. The fraction of sp³-hybridized carbons (Fsp3) is 1.00. The molecule has 0 bridgehead atoms. The molecule has 1 heteroatoms. The summed E-state index contributed by atoms with van der Waals surface area (Å²) in [6.07, 6.45) is 7.35. The zero-order valence-electron chi connectivity index (χ0n) is 7.55. The van der Waals surface area contributed by atoms with Crippen LogP contribution in [0.25, 0.3) is 0 Å². The van der Waals surface area contributed by atoms with E-state index in [1.165, 1.54) is 45.2 Å². The Morgan fingerprint density at radius 2 is 2.00 bits per heavy atom. The lowest BCUT2D eigenvalue weighted by Gasteiger charge is -2.41. The van der Waals surface area contributed by atoms with Crippen LogP contribution < -0.4 is 0 Å². The van der Waals surface area contributed by atoms with Gasteiger partial charge in [0.2, 0.25) is 0 Å². The lowest BCUT2D eigenvalue weighted by molar-refractivity contribution is 0.0808. The van der Waals surface area contributed by atoms with Crippen LogP contribution in [0.2, 0.25) is 0 Å². The first kappa shape index (κ1) is 7.60. The molecule has 2 heterocycles. The molecule has 2 aliphatic heterocycles. The van der Waals surface area contributed by atoms with Gasteiger partial charge in [0, 0.05) is 12.6 Å². The van der Waals surface area contributed by atoms with E-state index >= 15 is 0 Å². The summed E-state index contributed by atoms with van der Waals surface area (Å²) in [5.41, 5.74) is 0. The van der Waals surface area contributed by atoms with Crippen molar-refractivity contribution in [3.63, 3.8) is 0 Å². The summed E-state index contributed by atoms with van der Waals surface area (Å²) in [4.78, 5) is 2.72. The van der Waals surface area contributed by atoms with E-state index in [-0.39, 0.29) is 0 Å². The molecule has 0 amide bonds. The van der Waals surface area contributed by atoms with Gasteiger partial charge >= 0.3 is 0 Å². The highest BCUT2D eigenvalue weighted by Gasteiger charge is 2.27. The molecule has 0 aromatic rings. The van der Waals surface area contributed by atoms with Crippen LogP contribution in [0.4, 0.5) is 0 Å². The number of hydrogen-bond acceptors (Lipinski definition) is 1. The lowest BCUT2D eigenvalue weighted by Crippen LogP contribution is -2.45. The molecule has 2 saturated heterocycles. The van der Waals surface area contributed by atoms with Crippen LogP contribution in [0, 0.1) is 5.92 Å². The van der Waals surface area contributed by atoms with E-state index < -0.39 is 0 Å². The fourth-order valence-corrected chi connectivity index (χ4v) is 2.60.